The monoisotopic (exact) mass is 254 g/mol. The van der Waals surface area contributed by atoms with Crippen LogP contribution in [0.2, 0.25) is 0 Å². The Kier molecular flexibility index (Phi) is 4.05. The van der Waals surface area contributed by atoms with E-state index in [4.69, 9.17) is 5.11 Å². The van der Waals surface area contributed by atoms with Gasteiger partial charge in [-0.2, -0.15) is 0 Å². The number of carboxylic acids is 1. The lowest BCUT2D eigenvalue weighted by Crippen LogP contribution is -2.47. The van der Waals surface area contributed by atoms with E-state index in [2.05, 4.69) is 15.2 Å². The molecular formula is C11H18N4O3. The molecule has 0 fully saturated rings. The van der Waals surface area contributed by atoms with Crippen molar-refractivity contribution in [1.82, 2.24) is 20.1 Å². The maximum Gasteiger partial charge on any atom is 0.305 e. The number of aliphatic carboxylic acids is 1. The summed E-state index contributed by atoms with van der Waals surface area (Å²) in [7, 11) is 0. The topological polar surface area (TPSA) is 99.2 Å². The molecule has 7 nitrogen and oxygen atoms in total. The maximum atomic E-state index is 12.2. The van der Waals surface area contributed by atoms with Crippen LogP contribution >= 0.6 is 0 Å². The lowest BCUT2D eigenvalue weighted by atomic mass is 10.1. The highest BCUT2D eigenvalue weighted by atomic mass is 16.4. The molecule has 1 amide bonds. The van der Waals surface area contributed by atoms with Crippen molar-refractivity contribution in [1.29, 1.82) is 0 Å². The number of carboxylic acid groups (broad SMARTS) is 1. The van der Waals surface area contributed by atoms with Crippen molar-refractivity contribution in [3.8, 4) is 0 Å². The summed E-state index contributed by atoms with van der Waals surface area (Å²) in [5.41, 5.74) is -0.485. The van der Waals surface area contributed by atoms with Gasteiger partial charge in [0, 0.05) is 12.1 Å². The third kappa shape index (κ3) is 3.54. The van der Waals surface area contributed by atoms with E-state index >= 15 is 0 Å². The van der Waals surface area contributed by atoms with Gasteiger partial charge < -0.3 is 10.0 Å². The smallest absolute Gasteiger partial charge is 0.305 e. The Balaban J connectivity index is 2.89. The minimum atomic E-state index is -0.941. The van der Waals surface area contributed by atoms with Gasteiger partial charge >= 0.3 is 5.97 Å². The molecule has 1 heterocycles. The van der Waals surface area contributed by atoms with Gasteiger partial charge in [-0.05, 0) is 27.7 Å². The third-order valence-electron chi connectivity index (χ3n) is 2.39. The molecule has 100 valence electrons. The number of carbonyl (C=O) groups is 2. The van der Waals surface area contributed by atoms with Gasteiger partial charge in [-0.1, -0.05) is 0 Å². The molecule has 2 N–H and O–H groups in total. The lowest BCUT2D eigenvalue weighted by Gasteiger charge is -2.34. The quantitative estimate of drug-likeness (QED) is 0.829. The Morgan fingerprint density at radius 2 is 2.00 bits per heavy atom. The van der Waals surface area contributed by atoms with Crippen molar-refractivity contribution in [2.75, 3.05) is 6.54 Å². The van der Waals surface area contributed by atoms with Crippen LogP contribution in [-0.2, 0) is 4.79 Å². The Bertz CT molecular complexity index is 447. The highest BCUT2D eigenvalue weighted by Crippen LogP contribution is 2.16. The molecule has 18 heavy (non-hydrogen) atoms. The second-order valence-electron chi connectivity index (χ2n) is 5.02. The van der Waals surface area contributed by atoms with E-state index in [1.807, 2.05) is 20.8 Å². The van der Waals surface area contributed by atoms with Crippen molar-refractivity contribution < 1.29 is 14.7 Å². The number of aryl methyl sites for hydroxylation is 1. The summed E-state index contributed by atoms with van der Waals surface area (Å²) >= 11 is 0. The minimum absolute atomic E-state index is 0.0628. The zero-order valence-corrected chi connectivity index (χ0v) is 11.0. The van der Waals surface area contributed by atoms with Gasteiger partial charge in [-0.15, -0.1) is 5.10 Å². The van der Waals surface area contributed by atoms with E-state index in [1.165, 1.54) is 4.90 Å². The molecule has 0 aromatic carbocycles. The number of nitrogens with zero attached hydrogens (tertiary/aromatic N) is 3. The van der Waals surface area contributed by atoms with E-state index in [0.717, 1.165) is 0 Å². The number of hydrogen-bond acceptors (Lipinski definition) is 4. The first-order valence-corrected chi connectivity index (χ1v) is 5.64. The van der Waals surface area contributed by atoms with Crippen LogP contribution in [0.1, 0.15) is 43.6 Å². The molecule has 0 aliphatic heterocycles. The second kappa shape index (κ2) is 5.16. The molecule has 1 rings (SSSR count). The van der Waals surface area contributed by atoms with E-state index in [-0.39, 0.29) is 24.7 Å². The van der Waals surface area contributed by atoms with Gasteiger partial charge in [0.1, 0.15) is 5.82 Å². The zero-order valence-electron chi connectivity index (χ0n) is 11.0. The van der Waals surface area contributed by atoms with E-state index in [9.17, 15) is 9.59 Å². The summed E-state index contributed by atoms with van der Waals surface area (Å²) in [6.45, 7) is 7.35. The molecule has 0 atom stereocenters. The summed E-state index contributed by atoms with van der Waals surface area (Å²) in [6.07, 6.45) is -0.105. The largest absolute Gasteiger partial charge is 0.481 e. The lowest BCUT2D eigenvalue weighted by molar-refractivity contribution is -0.137. The maximum absolute atomic E-state index is 12.2. The average Bonchev–Trinajstić information content (AvgIpc) is 2.62. The first kappa shape index (κ1) is 14.1. The number of aromatic nitrogens is 3. The molecule has 1 aromatic rings. The van der Waals surface area contributed by atoms with Crippen LogP contribution in [0, 0.1) is 6.92 Å². The van der Waals surface area contributed by atoms with Crippen molar-refractivity contribution in [3.63, 3.8) is 0 Å². The highest BCUT2D eigenvalue weighted by Gasteiger charge is 2.29. The fourth-order valence-electron chi connectivity index (χ4n) is 1.51. The number of amides is 1. The number of hydrogen-bond donors (Lipinski definition) is 2. The fraction of sp³-hybridized carbons (Fsp3) is 0.636. The predicted octanol–water partition coefficient (Wildman–Crippen LogP) is 0.829. The molecule has 0 aliphatic rings. The van der Waals surface area contributed by atoms with Crippen LogP contribution in [0.5, 0.6) is 0 Å². The number of nitrogens with one attached hydrogen (secondary N) is 1. The Hall–Kier alpha value is -1.92. The SMILES string of the molecule is Cc1nc(C(=O)N(CCC(=O)O)C(C)(C)C)n[nH]1. The van der Waals surface area contributed by atoms with E-state index in [0.29, 0.717) is 5.82 Å². The van der Waals surface area contributed by atoms with Crippen LogP contribution < -0.4 is 0 Å². The van der Waals surface area contributed by atoms with Crippen molar-refractivity contribution >= 4 is 11.9 Å². The van der Waals surface area contributed by atoms with Crippen LogP contribution in [0.15, 0.2) is 0 Å². The predicted molar refractivity (Wildman–Crippen MR) is 64.2 cm³/mol. The van der Waals surface area contributed by atoms with Crippen molar-refractivity contribution in [3.05, 3.63) is 11.6 Å². The van der Waals surface area contributed by atoms with Gasteiger partial charge in [0.25, 0.3) is 5.91 Å². The average molecular weight is 254 g/mol. The van der Waals surface area contributed by atoms with Crippen LogP contribution in [0.25, 0.3) is 0 Å². The molecule has 0 saturated heterocycles. The molecule has 0 saturated carbocycles. The summed E-state index contributed by atoms with van der Waals surface area (Å²) in [6, 6.07) is 0. The normalized spacial score (nSPS) is 11.3. The fourth-order valence-corrected chi connectivity index (χ4v) is 1.51. The van der Waals surface area contributed by atoms with Gasteiger partial charge in [0.2, 0.25) is 5.82 Å². The van der Waals surface area contributed by atoms with Crippen LogP contribution in [0.3, 0.4) is 0 Å². The molecular weight excluding hydrogens is 236 g/mol. The Morgan fingerprint density at radius 1 is 1.39 bits per heavy atom. The van der Waals surface area contributed by atoms with Gasteiger partial charge in [0.05, 0.1) is 6.42 Å². The van der Waals surface area contributed by atoms with E-state index in [1.54, 1.807) is 6.92 Å². The van der Waals surface area contributed by atoms with Crippen molar-refractivity contribution in [2.45, 2.75) is 39.7 Å². The molecule has 0 aliphatic carbocycles. The Morgan fingerprint density at radius 3 is 2.39 bits per heavy atom. The number of H-pyrrole nitrogens is 1. The molecule has 1 aromatic heterocycles. The molecule has 0 bridgehead atoms. The Labute approximate surface area is 105 Å². The second-order valence-corrected chi connectivity index (χ2v) is 5.02. The van der Waals surface area contributed by atoms with Crippen LogP contribution in [0.4, 0.5) is 0 Å². The van der Waals surface area contributed by atoms with Gasteiger partial charge in [-0.25, -0.2) is 4.98 Å². The standard InChI is InChI=1S/C11H18N4O3/c1-7-12-9(14-13-7)10(18)15(11(2,3)4)6-5-8(16)17/h5-6H2,1-4H3,(H,16,17)(H,12,13,14). The molecule has 0 unspecified atom stereocenters. The summed E-state index contributed by atoms with van der Waals surface area (Å²) in [5.74, 6) is -0.699. The summed E-state index contributed by atoms with van der Waals surface area (Å²) in [5, 5.41) is 15.1. The minimum Gasteiger partial charge on any atom is -0.481 e. The first-order chi connectivity index (χ1) is 8.21. The number of carbonyl (C=O) groups excluding carboxylic acids is 1. The number of rotatable bonds is 4. The molecule has 0 radical (unpaired) electrons. The molecule has 0 spiro atoms. The first-order valence-electron chi connectivity index (χ1n) is 5.64. The van der Waals surface area contributed by atoms with Crippen LogP contribution in [-0.4, -0.2) is 49.1 Å². The van der Waals surface area contributed by atoms with E-state index < -0.39 is 11.5 Å². The summed E-state index contributed by atoms with van der Waals surface area (Å²) < 4.78 is 0. The molecule has 7 heteroatoms. The number of aromatic amines is 1. The third-order valence-corrected chi connectivity index (χ3v) is 2.39. The van der Waals surface area contributed by atoms with Crippen molar-refractivity contribution in [2.24, 2.45) is 0 Å². The van der Waals surface area contributed by atoms with Gasteiger partial charge in [0.15, 0.2) is 0 Å². The summed E-state index contributed by atoms with van der Waals surface area (Å²) in [4.78, 5) is 28.3. The van der Waals surface area contributed by atoms with Gasteiger partial charge in [-0.3, -0.25) is 14.7 Å². The highest BCUT2D eigenvalue weighted by molar-refractivity contribution is 5.91. The zero-order chi connectivity index (χ0) is 13.9.